The molecular weight excluding hydrogens is 204 g/mol. The summed E-state index contributed by atoms with van der Waals surface area (Å²) in [5, 5.41) is 0. The van der Waals surface area contributed by atoms with Gasteiger partial charge < -0.3 is 17.0 Å². The van der Waals surface area contributed by atoms with Crippen LogP contribution in [0.2, 0.25) is 0 Å². The van der Waals surface area contributed by atoms with Crippen LogP contribution in [0.5, 0.6) is 0 Å². The summed E-state index contributed by atoms with van der Waals surface area (Å²) < 4.78 is 0.941. The lowest BCUT2D eigenvalue weighted by atomic mass is 10.3. The van der Waals surface area contributed by atoms with E-state index in [-0.39, 0.29) is 17.0 Å². The van der Waals surface area contributed by atoms with E-state index >= 15 is 0 Å². The monoisotopic (exact) mass is 218 g/mol. The Kier molecular flexibility index (Phi) is 4.61. The molecule has 0 saturated heterocycles. The van der Waals surface area contributed by atoms with Gasteiger partial charge in [-0.15, -0.1) is 0 Å². The van der Waals surface area contributed by atoms with Gasteiger partial charge in [0.25, 0.3) is 0 Å². The quantitative estimate of drug-likeness (QED) is 0.526. The van der Waals surface area contributed by atoms with Crippen LogP contribution in [0, 0.1) is 0 Å². The van der Waals surface area contributed by atoms with Gasteiger partial charge in [0.1, 0.15) is 6.20 Å². The van der Waals surface area contributed by atoms with Gasteiger partial charge >= 0.3 is 0 Å². The molecule has 1 unspecified atom stereocenters. The topological polar surface area (TPSA) is 12.4 Å². The van der Waals surface area contributed by atoms with Gasteiger partial charge in [0, 0.05) is 0 Å². The Balaban J connectivity index is 0.000001000. The molecule has 0 N–H and O–H groups in total. The Morgan fingerprint density at radius 2 is 2.09 bits per heavy atom. The van der Waals surface area contributed by atoms with Crippen LogP contribution in [-0.4, -0.2) is 23.9 Å². The molecule has 0 radical (unpaired) electrons. The first-order valence-corrected chi connectivity index (χ1v) is 3.91. The summed E-state index contributed by atoms with van der Waals surface area (Å²) in [7, 11) is 0. The van der Waals surface area contributed by atoms with Gasteiger partial charge in [-0.2, -0.15) is 0 Å². The molecule has 64 valence electrons. The van der Waals surface area contributed by atoms with E-state index in [2.05, 4.69) is 25.0 Å². The van der Waals surface area contributed by atoms with Crippen molar-refractivity contribution in [2.24, 2.45) is 4.99 Å². The van der Waals surface area contributed by atoms with Crippen molar-refractivity contribution in [1.82, 2.24) is 0 Å². The first kappa shape index (κ1) is 10.8. The molecule has 0 aromatic carbocycles. The van der Waals surface area contributed by atoms with Crippen molar-refractivity contribution in [3.05, 3.63) is 12.4 Å². The molecule has 1 aliphatic heterocycles. The lowest BCUT2D eigenvalue weighted by Gasteiger charge is -2.24. The van der Waals surface area contributed by atoms with Crippen LogP contribution >= 0.6 is 0 Å². The van der Waals surface area contributed by atoms with Gasteiger partial charge in [0.2, 0.25) is 0 Å². The molecule has 0 amide bonds. The zero-order valence-corrected chi connectivity index (χ0v) is 8.71. The molecule has 0 fully saturated rings. The van der Waals surface area contributed by atoms with Crippen molar-refractivity contribution in [1.29, 1.82) is 0 Å². The third-order valence-electron chi connectivity index (χ3n) is 1.97. The van der Waals surface area contributed by atoms with Crippen LogP contribution in [0.4, 0.5) is 0 Å². The summed E-state index contributed by atoms with van der Waals surface area (Å²) in [6.07, 6.45) is 7.27. The fourth-order valence-electron chi connectivity index (χ4n) is 1.27. The van der Waals surface area contributed by atoms with Crippen LogP contribution < -0.4 is 17.0 Å². The molecule has 0 aromatic heterocycles. The Morgan fingerprint density at radius 3 is 2.45 bits per heavy atom. The van der Waals surface area contributed by atoms with Crippen LogP contribution in [0.1, 0.15) is 20.3 Å². The normalized spacial score (nSPS) is 27.1. The van der Waals surface area contributed by atoms with E-state index in [4.69, 9.17) is 0 Å². The highest BCUT2D eigenvalue weighted by atomic mass is 79.9. The summed E-state index contributed by atoms with van der Waals surface area (Å²) >= 11 is 0. The van der Waals surface area contributed by atoms with Crippen molar-refractivity contribution in [3.63, 3.8) is 0 Å². The molecule has 0 aliphatic carbocycles. The van der Waals surface area contributed by atoms with E-state index in [1.807, 2.05) is 12.5 Å². The van der Waals surface area contributed by atoms with Gasteiger partial charge in [-0.05, 0) is 13.3 Å². The van der Waals surface area contributed by atoms with Crippen molar-refractivity contribution in [3.8, 4) is 0 Å². The Morgan fingerprint density at radius 1 is 1.36 bits per heavy atom. The van der Waals surface area contributed by atoms with E-state index in [1.165, 1.54) is 13.0 Å². The molecule has 0 saturated carbocycles. The zero-order chi connectivity index (χ0) is 7.45. The fraction of sp³-hybridized carbons (Fsp3) is 0.625. The van der Waals surface area contributed by atoms with Gasteiger partial charge in [0.15, 0.2) is 6.34 Å². The lowest BCUT2D eigenvalue weighted by Crippen LogP contribution is -3.00. The van der Waals surface area contributed by atoms with Crippen molar-refractivity contribution >= 4 is 6.34 Å². The number of hydrogen-bond acceptors (Lipinski definition) is 1. The minimum absolute atomic E-state index is 0. The molecule has 2 nitrogen and oxygen atoms in total. The van der Waals surface area contributed by atoms with E-state index < -0.39 is 0 Å². The SMILES string of the molecule is CCC[N+]1(CC)C=CN=C1.[Br-]. The highest BCUT2D eigenvalue weighted by Gasteiger charge is 2.21. The summed E-state index contributed by atoms with van der Waals surface area (Å²) in [4.78, 5) is 4.09. The van der Waals surface area contributed by atoms with Gasteiger partial charge in [-0.1, -0.05) is 6.92 Å². The first-order valence-electron chi connectivity index (χ1n) is 3.91. The van der Waals surface area contributed by atoms with E-state index in [0.717, 1.165) is 11.0 Å². The first-order chi connectivity index (χ1) is 4.83. The predicted octanol–water partition coefficient (Wildman–Crippen LogP) is -1.25. The standard InChI is InChI=1S/C8H15N2.BrH/c1-3-6-10(4-2)7-5-9-8-10;/h5,7-8H,3-4,6H2,1-2H3;1H/q+1;/p-1. The molecule has 1 rings (SSSR count). The smallest absolute Gasteiger partial charge is 0.194 e. The highest BCUT2D eigenvalue weighted by Crippen LogP contribution is 2.10. The maximum atomic E-state index is 4.09. The molecule has 1 atom stereocenters. The van der Waals surface area contributed by atoms with Crippen LogP contribution in [0.15, 0.2) is 17.4 Å². The molecule has 1 heterocycles. The second kappa shape index (κ2) is 4.67. The summed E-state index contributed by atoms with van der Waals surface area (Å²) in [5.41, 5.74) is 0. The molecule has 11 heavy (non-hydrogen) atoms. The summed E-state index contributed by atoms with van der Waals surface area (Å²) in [6, 6.07) is 0. The predicted molar refractivity (Wildman–Crippen MR) is 43.6 cm³/mol. The van der Waals surface area contributed by atoms with Crippen LogP contribution in [0.25, 0.3) is 0 Å². The second-order valence-corrected chi connectivity index (χ2v) is 2.71. The van der Waals surface area contributed by atoms with Gasteiger partial charge in [-0.25, -0.2) is 4.99 Å². The molecule has 3 heteroatoms. The number of aliphatic imine (C=N–C) groups is 1. The summed E-state index contributed by atoms with van der Waals surface area (Å²) in [6.45, 7) is 6.69. The molecule has 0 bridgehead atoms. The number of nitrogens with zero attached hydrogens (tertiary/aromatic N) is 2. The third-order valence-corrected chi connectivity index (χ3v) is 1.97. The average molecular weight is 219 g/mol. The summed E-state index contributed by atoms with van der Waals surface area (Å²) in [5.74, 6) is 0. The molecule has 0 aromatic rings. The average Bonchev–Trinajstić information content (AvgIpc) is 2.39. The Labute approximate surface area is 79.0 Å². The van der Waals surface area contributed by atoms with Gasteiger partial charge in [0.05, 0.1) is 19.3 Å². The minimum Gasteiger partial charge on any atom is -1.00 e. The Hall–Kier alpha value is -0.150. The maximum absolute atomic E-state index is 4.09. The lowest BCUT2D eigenvalue weighted by molar-refractivity contribution is -0.777. The van der Waals surface area contributed by atoms with Crippen molar-refractivity contribution < 1.29 is 21.5 Å². The van der Waals surface area contributed by atoms with E-state index in [0.29, 0.717) is 0 Å². The largest absolute Gasteiger partial charge is 1.00 e. The number of hydrogen-bond donors (Lipinski definition) is 0. The minimum atomic E-state index is 0. The van der Waals surface area contributed by atoms with Crippen LogP contribution in [-0.2, 0) is 0 Å². The van der Waals surface area contributed by atoms with Crippen molar-refractivity contribution in [2.45, 2.75) is 20.3 Å². The van der Waals surface area contributed by atoms with E-state index in [1.54, 1.807) is 0 Å². The maximum Gasteiger partial charge on any atom is 0.194 e. The number of halogens is 1. The molecule has 0 spiro atoms. The number of rotatable bonds is 3. The van der Waals surface area contributed by atoms with Crippen LogP contribution in [0.3, 0.4) is 0 Å². The molecule has 1 aliphatic rings. The second-order valence-electron chi connectivity index (χ2n) is 2.71. The molecular formula is C8H15BrN2. The van der Waals surface area contributed by atoms with E-state index in [9.17, 15) is 0 Å². The highest BCUT2D eigenvalue weighted by molar-refractivity contribution is 5.50. The third kappa shape index (κ3) is 2.42. The fourth-order valence-corrected chi connectivity index (χ4v) is 1.27. The zero-order valence-electron chi connectivity index (χ0n) is 7.13. The van der Waals surface area contributed by atoms with Gasteiger partial charge in [-0.3, -0.25) is 4.48 Å². The number of quaternary nitrogens is 1. The Bertz CT molecular complexity index is 151. The van der Waals surface area contributed by atoms with Crippen molar-refractivity contribution in [2.75, 3.05) is 13.1 Å².